The largest absolute Gasteiger partial charge is 0.463 e. The van der Waals surface area contributed by atoms with Gasteiger partial charge in [-0.2, -0.15) is 0 Å². The van der Waals surface area contributed by atoms with Gasteiger partial charge >= 0.3 is 5.97 Å². The van der Waals surface area contributed by atoms with Gasteiger partial charge in [0.1, 0.15) is 6.10 Å². The summed E-state index contributed by atoms with van der Waals surface area (Å²) in [6.45, 7) is 11.1. The van der Waals surface area contributed by atoms with E-state index in [4.69, 9.17) is 54.5 Å². The number of pyridine rings is 3. The Kier molecular flexibility index (Phi) is 26.0. The van der Waals surface area contributed by atoms with Crippen LogP contribution < -0.4 is 0 Å². The molecule has 3 atom stereocenters. The highest BCUT2D eigenvalue weighted by atomic mass is 79.9. The highest BCUT2D eigenvalue weighted by Gasteiger charge is 2.42. The lowest BCUT2D eigenvalue weighted by Gasteiger charge is -2.39. The van der Waals surface area contributed by atoms with Crippen molar-refractivity contribution < 1.29 is 23.9 Å². The summed E-state index contributed by atoms with van der Waals surface area (Å²) >= 11 is 41.7. The Morgan fingerprint density at radius 3 is 0.912 bits per heavy atom. The van der Waals surface area contributed by atoms with Crippen LogP contribution in [0.15, 0.2) is 100 Å². The SMILES string of the molecule is CC(=O)OC1CCC(C(=O)N2CCC([C@H]3c4ncc(Br)cc4CCc4cc(Cl)cc(Br)c43)CC2)CC1.CC1CCC(C(=O)N2CCC([C@H]3c4ncc(Br)cc4CCc4cc(Cl)cc(Br)c43)CC2)CC1.CC1CCC(C(=O)N2CCC([C@H]3c4ncc(Br)cc4CCc4cc(Cl)cc(Br)c43)CC2)CC1. The first-order valence-electron chi connectivity index (χ1n) is 37.5. The zero-order chi connectivity index (χ0) is 71.6. The van der Waals surface area contributed by atoms with E-state index >= 15 is 0 Å². The van der Waals surface area contributed by atoms with Crippen molar-refractivity contribution in [2.45, 2.75) is 199 Å². The predicted molar refractivity (Wildman–Crippen MR) is 429 cm³/mol. The number of benzene rings is 3. The number of ether oxygens (including phenoxy) is 1. The van der Waals surface area contributed by atoms with Gasteiger partial charge in [0.15, 0.2) is 0 Å². The van der Waals surface area contributed by atoms with Crippen molar-refractivity contribution in [3.05, 3.63) is 182 Å². The minimum atomic E-state index is -0.232. The zero-order valence-electron chi connectivity index (χ0n) is 58.7. The van der Waals surface area contributed by atoms with Gasteiger partial charge in [-0.15, -0.1) is 0 Å². The van der Waals surface area contributed by atoms with E-state index < -0.39 is 0 Å². The van der Waals surface area contributed by atoms with Gasteiger partial charge in [0.25, 0.3) is 0 Å². The highest BCUT2D eigenvalue weighted by Crippen LogP contribution is 2.51. The molecule has 544 valence electrons. The number of nitrogens with zero attached hydrogens (tertiary/aromatic N) is 6. The van der Waals surface area contributed by atoms with E-state index in [1.54, 1.807) is 0 Å². The number of piperidine rings is 3. The maximum Gasteiger partial charge on any atom is 0.302 e. The van der Waals surface area contributed by atoms with Crippen LogP contribution in [0.25, 0.3) is 0 Å². The molecule has 3 aromatic carbocycles. The molecule has 3 aromatic heterocycles. The van der Waals surface area contributed by atoms with Crippen molar-refractivity contribution in [1.82, 2.24) is 29.7 Å². The average Bonchev–Trinajstić information content (AvgIpc) is 1.51. The van der Waals surface area contributed by atoms with Crippen LogP contribution in [0.3, 0.4) is 0 Å². The molecule has 3 saturated carbocycles. The normalized spacial score (nSPS) is 25.3. The number of halogens is 9. The molecule has 9 aliphatic rings. The van der Waals surface area contributed by atoms with E-state index in [0.29, 0.717) is 29.6 Å². The Bertz CT molecular complexity index is 3890. The summed E-state index contributed by atoms with van der Waals surface area (Å²) in [6.07, 6.45) is 29.6. The molecule has 102 heavy (non-hydrogen) atoms. The third kappa shape index (κ3) is 17.9. The molecule has 6 aliphatic carbocycles. The molecule has 3 amide bonds. The third-order valence-electron chi connectivity index (χ3n) is 24.3. The van der Waals surface area contributed by atoms with Gasteiger partial charge in [-0.1, -0.05) is 96.4 Å². The van der Waals surface area contributed by atoms with Crippen molar-refractivity contribution in [2.24, 2.45) is 47.3 Å². The van der Waals surface area contributed by atoms with Gasteiger partial charge in [0.05, 0.1) is 17.1 Å². The van der Waals surface area contributed by atoms with Gasteiger partial charge in [0, 0.05) is 142 Å². The first kappa shape index (κ1) is 76.9. The molecule has 3 aliphatic heterocycles. The van der Waals surface area contributed by atoms with Crippen molar-refractivity contribution >= 4 is 154 Å². The van der Waals surface area contributed by atoms with Crippen LogP contribution in [-0.2, 0) is 62.4 Å². The monoisotopic (exact) mass is 1820 g/mol. The lowest BCUT2D eigenvalue weighted by atomic mass is 9.76. The second-order valence-corrected chi connectivity index (χ2v) is 37.5. The van der Waals surface area contributed by atoms with Crippen molar-refractivity contribution in [2.75, 3.05) is 39.3 Å². The van der Waals surface area contributed by atoms with E-state index in [9.17, 15) is 19.2 Å². The molecule has 0 bridgehead atoms. The first-order chi connectivity index (χ1) is 49.1. The third-order valence-corrected chi connectivity index (χ3v) is 28.2. The molecular formula is C82H93Br6Cl3N6O5. The average molecular weight is 1830 g/mol. The molecule has 0 unspecified atom stereocenters. The molecular weight excluding hydrogens is 1730 g/mol. The fourth-order valence-corrected chi connectivity index (χ4v) is 23.4. The topological polar surface area (TPSA) is 126 Å². The van der Waals surface area contributed by atoms with Crippen LogP contribution in [0.5, 0.6) is 0 Å². The standard InChI is InChI=1S/C28H31Br2ClN2O3.2C27H31Br2ClN2O/c1-16(34)36-23-6-4-18(5-7-23)28(35)33-10-8-17(9-11-33)26-25-19(13-22(31)14-24(25)30)2-3-20-12-21(29)15-32-27(20)26;2*1-16-2-4-18(5-3-16)27(33)32-10-8-17(9-11-32)25-24-19(13-22(30)14-23(24)29)6-7-20-12-21(28)15-31-26(20)25/h12-15,17-18,23,26H,2-11H2,1H3;2*12-18,25H,2-11H2,1H3/t18?,23?,26-;2*16?,18?,25-/m111/s1. The molecule has 6 aromatic rings. The molecule has 15 rings (SSSR count). The zero-order valence-corrected chi connectivity index (χ0v) is 70.5. The van der Waals surface area contributed by atoms with Crippen LogP contribution in [0.2, 0.25) is 15.1 Å². The summed E-state index contributed by atoms with van der Waals surface area (Å²) in [5.41, 5.74) is 15.4. The van der Waals surface area contributed by atoms with E-state index in [0.717, 1.165) is 227 Å². The number of esters is 1. The molecule has 6 fully saturated rings. The Hall–Kier alpha value is -3.26. The molecule has 20 heteroatoms. The first-order valence-corrected chi connectivity index (χ1v) is 43.4. The maximum absolute atomic E-state index is 13.3. The Morgan fingerprint density at radius 1 is 0.373 bits per heavy atom. The van der Waals surface area contributed by atoms with Gasteiger partial charge < -0.3 is 19.4 Å². The fourth-order valence-electron chi connectivity index (χ4n) is 18.9. The Balaban J connectivity index is 0.000000137. The Morgan fingerprint density at radius 2 is 0.637 bits per heavy atom. The van der Waals surface area contributed by atoms with E-state index in [2.05, 4.69) is 161 Å². The fraction of sp³-hybridized carbons (Fsp3) is 0.549. The number of likely N-dealkylation sites (tertiary alicyclic amines) is 3. The number of aryl methyl sites for hydroxylation is 6. The minimum Gasteiger partial charge on any atom is -0.463 e. The molecule has 11 nitrogen and oxygen atoms in total. The van der Waals surface area contributed by atoms with Gasteiger partial charge in [-0.3, -0.25) is 34.1 Å². The smallest absolute Gasteiger partial charge is 0.302 e. The van der Waals surface area contributed by atoms with E-state index in [1.165, 1.54) is 94.1 Å². The van der Waals surface area contributed by atoms with Gasteiger partial charge in [0.2, 0.25) is 17.7 Å². The number of carbonyl (C=O) groups excluding carboxylic acids is 4. The number of amides is 3. The summed E-state index contributed by atoms with van der Waals surface area (Å²) in [7, 11) is 0. The van der Waals surface area contributed by atoms with E-state index in [1.807, 2.05) is 36.8 Å². The number of hydrogen-bond donors (Lipinski definition) is 0. The minimum absolute atomic E-state index is 0.0351. The highest BCUT2D eigenvalue weighted by molar-refractivity contribution is 9.11. The van der Waals surface area contributed by atoms with E-state index in [-0.39, 0.29) is 53.5 Å². The molecule has 0 spiro atoms. The Labute approximate surface area is 668 Å². The van der Waals surface area contributed by atoms with Crippen LogP contribution in [-0.4, -0.2) is 98.7 Å². The van der Waals surface area contributed by atoms with Crippen LogP contribution in [0.4, 0.5) is 0 Å². The number of aromatic nitrogens is 3. The van der Waals surface area contributed by atoms with Crippen LogP contribution >= 0.6 is 130 Å². The van der Waals surface area contributed by atoms with Gasteiger partial charge in [-0.05, 0) is 336 Å². The molecule has 0 radical (unpaired) electrons. The molecule has 0 N–H and O–H groups in total. The summed E-state index contributed by atoms with van der Waals surface area (Å²) in [5.74, 6) is 4.86. The van der Waals surface area contributed by atoms with Crippen molar-refractivity contribution in [3.8, 4) is 0 Å². The summed E-state index contributed by atoms with van der Waals surface area (Å²) in [4.78, 5) is 72.2. The maximum atomic E-state index is 13.3. The second kappa shape index (κ2) is 34.5. The number of rotatable bonds is 7. The quantitative estimate of drug-likeness (QED) is 0.145. The summed E-state index contributed by atoms with van der Waals surface area (Å²) in [5, 5.41) is 2.31. The summed E-state index contributed by atoms with van der Waals surface area (Å²) < 4.78 is 11.6. The van der Waals surface area contributed by atoms with Crippen molar-refractivity contribution in [1.29, 1.82) is 0 Å². The van der Waals surface area contributed by atoms with Gasteiger partial charge in [-0.25, -0.2) is 0 Å². The second-order valence-electron chi connectivity index (χ2n) is 30.9. The number of carbonyl (C=O) groups is 4. The van der Waals surface area contributed by atoms with Crippen molar-refractivity contribution in [3.63, 3.8) is 0 Å². The lowest BCUT2D eigenvalue weighted by Crippen LogP contribution is -2.44. The van der Waals surface area contributed by atoms with Crippen LogP contribution in [0, 0.1) is 47.3 Å². The number of fused-ring (bicyclic) bond motifs is 6. The molecule has 6 heterocycles. The lowest BCUT2D eigenvalue weighted by molar-refractivity contribution is -0.149. The number of hydrogen-bond acceptors (Lipinski definition) is 8. The van der Waals surface area contributed by atoms with Crippen LogP contribution in [0.1, 0.15) is 221 Å². The molecule has 3 saturated heterocycles. The summed E-state index contributed by atoms with van der Waals surface area (Å²) in [6, 6.07) is 19.1. The predicted octanol–water partition coefficient (Wildman–Crippen LogP) is 22.0.